The van der Waals surface area contributed by atoms with Crippen molar-refractivity contribution in [1.82, 2.24) is 10.2 Å². The SMILES string of the molecule is CN(C)c1c(F)cc(NC(=O)CSc2nnc(-c3ccc(Cl)cc3)o2)cc1F. The van der Waals surface area contributed by atoms with Crippen LogP contribution in [0.3, 0.4) is 0 Å². The predicted molar refractivity (Wildman–Crippen MR) is 105 cm³/mol. The smallest absolute Gasteiger partial charge is 0.277 e. The zero-order chi connectivity index (χ0) is 20.3. The van der Waals surface area contributed by atoms with E-state index in [0.717, 1.165) is 23.9 Å². The largest absolute Gasteiger partial charge is 0.411 e. The molecule has 2 aromatic carbocycles. The van der Waals surface area contributed by atoms with Crippen LogP contribution in [0.2, 0.25) is 5.02 Å². The maximum atomic E-state index is 14.0. The summed E-state index contributed by atoms with van der Waals surface area (Å²) in [6.07, 6.45) is 0. The normalized spacial score (nSPS) is 10.8. The highest BCUT2D eigenvalue weighted by Gasteiger charge is 2.15. The zero-order valence-corrected chi connectivity index (χ0v) is 16.4. The number of aromatic nitrogens is 2. The lowest BCUT2D eigenvalue weighted by molar-refractivity contribution is -0.113. The van der Waals surface area contributed by atoms with Gasteiger partial charge in [-0.05, 0) is 36.4 Å². The van der Waals surface area contributed by atoms with Crippen LogP contribution in [0.4, 0.5) is 20.2 Å². The first-order chi connectivity index (χ1) is 13.3. The van der Waals surface area contributed by atoms with Crippen molar-refractivity contribution in [2.24, 2.45) is 0 Å². The Bertz CT molecular complexity index is 973. The number of carbonyl (C=O) groups excluding carboxylic acids is 1. The molecular formula is C18H15ClF2N4O2S. The van der Waals surface area contributed by atoms with Gasteiger partial charge in [0.1, 0.15) is 5.69 Å². The fourth-order valence-electron chi connectivity index (χ4n) is 2.37. The first-order valence-corrected chi connectivity index (χ1v) is 9.38. The molecule has 1 aromatic heterocycles. The van der Waals surface area contributed by atoms with Gasteiger partial charge in [0, 0.05) is 30.4 Å². The highest BCUT2D eigenvalue weighted by molar-refractivity contribution is 7.99. The molecule has 0 bridgehead atoms. The highest BCUT2D eigenvalue weighted by atomic mass is 35.5. The van der Waals surface area contributed by atoms with E-state index in [4.69, 9.17) is 16.0 Å². The standard InChI is InChI=1S/C18H15ClF2N4O2S/c1-25(2)16-13(20)7-12(8-14(16)21)22-15(26)9-28-18-24-23-17(27-18)10-3-5-11(19)6-4-10/h3-8H,9H2,1-2H3,(H,22,26). The minimum atomic E-state index is -0.766. The highest BCUT2D eigenvalue weighted by Crippen LogP contribution is 2.27. The van der Waals surface area contributed by atoms with Crippen LogP contribution in [-0.4, -0.2) is 36.0 Å². The summed E-state index contributed by atoms with van der Waals surface area (Å²) in [7, 11) is 3.05. The molecule has 0 fully saturated rings. The fourth-order valence-corrected chi connectivity index (χ4v) is 3.06. The van der Waals surface area contributed by atoms with Crippen molar-refractivity contribution in [3.05, 3.63) is 53.1 Å². The van der Waals surface area contributed by atoms with Crippen molar-refractivity contribution in [2.75, 3.05) is 30.1 Å². The summed E-state index contributed by atoms with van der Waals surface area (Å²) in [4.78, 5) is 13.4. The molecule has 1 N–H and O–H groups in total. The van der Waals surface area contributed by atoms with Crippen molar-refractivity contribution in [2.45, 2.75) is 5.22 Å². The van der Waals surface area contributed by atoms with Gasteiger partial charge in [0.25, 0.3) is 5.22 Å². The number of thioether (sulfide) groups is 1. The topological polar surface area (TPSA) is 71.3 Å². The molecule has 0 aliphatic rings. The molecule has 1 heterocycles. The Kier molecular flexibility index (Phi) is 6.15. The number of benzene rings is 2. The summed E-state index contributed by atoms with van der Waals surface area (Å²) in [5.41, 5.74) is 0.548. The molecule has 6 nitrogen and oxygen atoms in total. The second kappa shape index (κ2) is 8.57. The lowest BCUT2D eigenvalue weighted by Crippen LogP contribution is -2.16. The fraction of sp³-hybridized carbons (Fsp3) is 0.167. The van der Waals surface area contributed by atoms with Crippen molar-refractivity contribution in [3.8, 4) is 11.5 Å². The van der Waals surface area contributed by atoms with Crippen LogP contribution in [0, 0.1) is 11.6 Å². The first-order valence-electron chi connectivity index (χ1n) is 8.02. The van der Waals surface area contributed by atoms with Crippen molar-refractivity contribution in [3.63, 3.8) is 0 Å². The molecule has 10 heteroatoms. The Hall–Kier alpha value is -2.65. The van der Waals surface area contributed by atoms with Gasteiger partial charge >= 0.3 is 0 Å². The van der Waals surface area contributed by atoms with Gasteiger partial charge in [-0.25, -0.2) is 8.78 Å². The van der Waals surface area contributed by atoms with Gasteiger partial charge in [-0.15, -0.1) is 10.2 Å². The van der Waals surface area contributed by atoms with E-state index in [1.807, 2.05) is 0 Å². The molecule has 146 valence electrons. The summed E-state index contributed by atoms with van der Waals surface area (Å²) in [6, 6.07) is 8.98. The number of nitrogens with one attached hydrogen (secondary N) is 1. The average Bonchev–Trinajstić information content (AvgIpc) is 3.08. The minimum Gasteiger partial charge on any atom is -0.411 e. The molecule has 0 saturated carbocycles. The van der Waals surface area contributed by atoms with Gasteiger partial charge in [-0.1, -0.05) is 23.4 Å². The maximum Gasteiger partial charge on any atom is 0.277 e. The molecule has 28 heavy (non-hydrogen) atoms. The molecule has 0 atom stereocenters. The summed E-state index contributed by atoms with van der Waals surface area (Å²) < 4.78 is 33.4. The van der Waals surface area contributed by atoms with E-state index < -0.39 is 17.5 Å². The van der Waals surface area contributed by atoms with E-state index in [1.54, 1.807) is 24.3 Å². The number of rotatable bonds is 6. The Morgan fingerprint density at radius 3 is 2.43 bits per heavy atom. The van der Waals surface area contributed by atoms with Crippen LogP contribution in [0.1, 0.15) is 0 Å². The molecule has 0 spiro atoms. The average molecular weight is 425 g/mol. The Morgan fingerprint density at radius 1 is 1.18 bits per heavy atom. The molecule has 0 aliphatic carbocycles. The first kappa shape index (κ1) is 20.1. The van der Waals surface area contributed by atoms with Gasteiger partial charge in [-0.3, -0.25) is 4.79 Å². The molecule has 0 saturated heterocycles. The Labute approximate surface area is 168 Å². The van der Waals surface area contributed by atoms with Crippen LogP contribution in [0.15, 0.2) is 46.0 Å². The van der Waals surface area contributed by atoms with E-state index in [-0.39, 0.29) is 22.4 Å². The summed E-state index contributed by atoms with van der Waals surface area (Å²) in [5.74, 6) is -1.77. The number of nitrogens with zero attached hydrogens (tertiary/aromatic N) is 3. The van der Waals surface area contributed by atoms with E-state index in [9.17, 15) is 13.6 Å². The predicted octanol–water partition coefficient (Wildman–Crippen LogP) is 4.47. The number of carbonyl (C=O) groups is 1. The van der Waals surface area contributed by atoms with E-state index in [1.165, 1.54) is 19.0 Å². The third kappa shape index (κ3) is 4.79. The van der Waals surface area contributed by atoms with Gasteiger partial charge in [-0.2, -0.15) is 0 Å². The molecule has 0 radical (unpaired) electrons. The number of halogens is 3. The number of amides is 1. The van der Waals surface area contributed by atoms with Gasteiger partial charge in [0.2, 0.25) is 11.8 Å². The molecule has 0 unspecified atom stereocenters. The van der Waals surface area contributed by atoms with Gasteiger partial charge in [0.15, 0.2) is 11.6 Å². The summed E-state index contributed by atoms with van der Waals surface area (Å²) in [5, 5.41) is 11.0. The number of hydrogen-bond acceptors (Lipinski definition) is 6. The lowest BCUT2D eigenvalue weighted by Gasteiger charge is -2.15. The van der Waals surface area contributed by atoms with Crippen molar-refractivity contribution in [1.29, 1.82) is 0 Å². The van der Waals surface area contributed by atoms with Crippen molar-refractivity contribution >= 4 is 40.6 Å². The third-order valence-corrected chi connectivity index (χ3v) is 4.64. The van der Waals surface area contributed by atoms with E-state index in [2.05, 4.69) is 15.5 Å². The van der Waals surface area contributed by atoms with Crippen LogP contribution < -0.4 is 10.2 Å². The molecular weight excluding hydrogens is 410 g/mol. The second-order valence-corrected chi connectivity index (χ2v) is 7.26. The van der Waals surface area contributed by atoms with E-state index in [0.29, 0.717) is 16.5 Å². The monoisotopic (exact) mass is 424 g/mol. The van der Waals surface area contributed by atoms with Crippen LogP contribution in [0.5, 0.6) is 0 Å². The third-order valence-electron chi connectivity index (χ3n) is 3.57. The minimum absolute atomic E-state index is 0.0265. The summed E-state index contributed by atoms with van der Waals surface area (Å²) in [6.45, 7) is 0. The summed E-state index contributed by atoms with van der Waals surface area (Å²) >= 11 is 6.84. The number of anilines is 2. The Morgan fingerprint density at radius 2 is 1.82 bits per heavy atom. The molecule has 3 aromatic rings. The van der Waals surface area contributed by atoms with Crippen LogP contribution in [0.25, 0.3) is 11.5 Å². The van der Waals surface area contributed by atoms with Gasteiger partial charge in [0.05, 0.1) is 5.75 Å². The molecule has 1 amide bonds. The van der Waals surface area contributed by atoms with Crippen LogP contribution in [-0.2, 0) is 4.79 Å². The number of hydrogen-bond donors (Lipinski definition) is 1. The zero-order valence-electron chi connectivity index (χ0n) is 14.9. The lowest BCUT2D eigenvalue weighted by atomic mass is 10.2. The Balaban J connectivity index is 1.60. The second-order valence-electron chi connectivity index (χ2n) is 5.90. The maximum absolute atomic E-state index is 14.0. The van der Waals surface area contributed by atoms with Crippen LogP contribution >= 0.6 is 23.4 Å². The van der Waals surface area contributed by atoms with Gasteiger partial charge < -0.3 is 14.6 Å². The molecule has 3 rings (SSSR count). The molecule has 0 aliphatic heterocycles. The quantitative estimate of drug-likeness (QED) is 0.589. The van der Waals surface area contributed by atoms with Crippen molar-refractivity contribution < 1.29 is 18.0 Å². The van der Waals surface area contributed by atoms with E-state index >= 15 is 0 Å².